The summed E-state index contributed by atoms with van der Waals surface area (Å²) >= 11 is 0. The third-order valence-corrected chi connectivity index (χ3v) is 4.46. The van der Waals surface area contributed by atoms with Gasteiger partial charge in [0.2, 0.25) is 0 Å². The Morgan fingerprint density at radius 3 is 1.63 bits per heavy atom. The van der Waals surface area contributed by atoms with E-state index in [-0.39, 0.29) is 27.8 Å². The van der Waals surface area contributed by atoms with Gasteiger partial charge in [-0.25, -0.2) is 4.79 Å². The van der Waals surface area contributed by atoms with Gasteiger partial charge in [-0.1, -0.05) is 67.2 Å². The normalized spacial score (nSPS) is 10.3. The highest BCUT2D eigenvalue weighted by atomic mass is 16.5. The van der Waals surface area contributed by atoms with Crippen molar-refractivity contribution in [2.75, 3.05) is 0 Å². The molecule has 30 heavy (non-hydrogen) atoms. The first-order chi connectivity index (χ1) is 14.4. The molecule has 0 amide bonds. The molecule has 150 valence electrons. The van der Waals surface area contributed by atoms with E-state index in [9.17, 15) is 24.6 Å². The number of benzene rings is 3. The maximum absolute atomic E-state index is 13.0. The largest absolute Gasteiger partial charge is 0.507 e. The first kappa shape index (κ1) is 20.5. The number of carbonyl (C=O) groups is 3. The quantitative estimate of drug-likeness (QED) is 0.354. The van der Waals surface area contributed by atoms with E-state index in [0.717, 1.165) is 12.1 Å². The van der Waals surface area contributed by atoms with Gasteiger partial charge in [-0.3, -0.25) is 9.59 Å². The summed E-state index contributed by atoms with van der Waals surface area (Å²) in [7, 11) is 0. The fraction of sp³-hybridized carbons (Fsp3) is 0.0417. The highest BCUT2D eigenvalue weighted by molar-refractivity contribution is 6.16. The first-order valence-corrected chi connectivity index (χ1v) is 9.00. The van der Waals surface area contributed by atoms with E-state index in [2.05, 4.69) is 6.58 Å². The lowest BCUT2D eigenvalue weighted by molar-refractivity contribution is -0.139. The Hall–Kier alpha value is -4.19. The summed E-state index contributed by atoms with van der Waals surface area (Å²) in [5.74, 6) is -3.02. The van der Waals surface area contributed by atoms with Gasteiger partial charge in [0.1, 0.15) is 18.1 Å². The molecule has 6 nitrogen and oxygen atoms in total. The zero-order valence-electron chi connectivity index (χ0n) is 15.9. The number of ether oxygens (including phenoxy) is 1. The topological polar surface area (TPSA) is 101 Å². The molecule has 3 aromatic rings. The predicted octanol–water partition coefficient (Wildman–Crippen LogP) is 3.79. The molecule has 0 radical (unpaired) electrons. The summed E-state index contributed by atoms with van der Waals surface area (Å²) in [6, 6.07) is 17.5. The Morgan fingerprint density at radius 1 is 0.800 bits per heavy atom. The summed E-state index contributed by atoms with van der Waals surface area (Å²) in [4.78, 5) is 37.4. The van der Waals surface area contributed by atoms with Gasteiger partial charge in [0.15, 0.2) is 11.6 Å². The highest BCUT2D eigenvalue weighted by Crippen LogP contribution is 2.37. The van der Waals surface area contributed by atoms with Gasteiger partial charge in [0.05, 0.1) is 16.7 Å². The van der Waals surface area contributed by atoms with Crippen molar-refractivity contribution >= 4 is 17.5 Å². The molecule has 3 aromatic carbocycles. The minimum atomic E-state index is -0.787. The summed E-state index contributed by atoms with van der Waals surface area (Å²) in [5, 5.41) is 21.3. The molecule has 0 spiro atoms. The summed E-state index contributed by atoms with van der Waals surface area (Å²) in [6.45, 7) is 2.73. The lowest BCUT2D eigenvalue weighted by Crippen LogP contribution is -2.10. The lowest BCUT2D eigenvalue weighted by Gasteiger charge is -2.15. The van der Waals surface area contributed by atoms with Gasteiger partial charge >= 0.3 is 5.97 Å². The molecule has 0 aliphatic rings. The maximum atomic E-state index is 13.0. The number of phenolic OH excluding ortho intramolecular Hbond substituents is 2. The molecule has 0 bridgehead atoms. The van der Waals surface area contributed by atoms with E-state index < -0.39 is 35.6 Å². The number of aromatic hydroxyl groups is 2. The molecule has 6 heteroatoms. The van der Waals surface area contributed by atoms with E-state index in [1.807, 2.05) is 0 Å². The molecule has 0 aliphatic carbocycles. The van der Waals surface area contributed by atoms with E-state index in [4.69, 9.17) is 4.74 Å². The molecule has 0 fully saturated rings. The van der Waals surface area contributed by atoms with Crippen LogP contribution in [0, 0.1) is 0 Å². The van der Waals surface area contributed by atoms with Crippen LogP contribution in [0.3, 0.4) is 0 Å². The van der Waals surface area contributed by atoms with Crippen LogP contribution in [-0.4, -0.2) is 27.7 Å². The molecule has 0 saturated heterocycles. The van der Waals surface area contributed by atoms with Crippen molar-refractivity contribution in [1.82, 2.24) is 0 Å². The predicted molar refractivity (Wildman–Crippen MR) is 110 cm³/mol. The Kier molecular flexibility index (Phi) is 6.08. The van der Waals surface area contributed by atoms with Gasteiger partial charge < -0.3 is 14.9 Å². The Balaban J connectivity index is 2.16. The van der Waals surface area contributed by atoms with Crippen molar-refractivity contribution in [1.29, 1.82) is 0 Å². The maximum Gasteiger partial charge on any atom is 0.330 e. The molecular formula is C24H18O6. The summed E-state index contributed by atoms with van der Waals surface area (Å²) < 4.78 is 4.92. The number of hydrogen-bond acceptors (Lipinski definition) is 6. The number of ketones is 2. The van der Waals surface area contributed by atoms with E-state index >= 15 is 0 Å². The third-order valence-electron chi connectivity index (χ3n) is 4.46. The first-order valence-electron chi connectivity index (χ1n) is 9.00. The number of esters is 1. The molecule has 0 atom stereocenters. The lowest BCUT2D eigenvalue weighted by atomic mass is 9.93. The average molecular weight is 402 g/mol. The SMILES string of the molecule is C=CC(=O)OCc1c(O)c(C(=O)c2ccccc2)cc(C(=O)c2ccccc2)c1O. The molecule has 0 saturated carbocycles. The Labute approximate surface area is 172 Å². The van der Waals surface area contributed by atoms with Crippen LogP contribution < -0.4 is 0 Å². The van der Waals surface area contributed by atoms with Gasteiger partial charge in [-0.2, -0.15) is 0 Å². The van der Waals surface area contributed by atoms with E-state index in [1.54, 1.807) is 60.7 Å². The monoisotopic (exact) mass is 402 g/mol. The number of rotatable bonds is 7. The van der Waals surface area contributed by atoms with Gasteiger partial charge in [0.25, 0.3) is 0 Å². The molecule has 0 unspecified atom stereocenters. The summed E-state index contributed by atoms with van der Waals surface area (Å²) in [5.41, 5.74) is -0.0617. The minimum Gasteiger partial charge on any atom is -0.507 e. The average Bonchev–Trinajstić information content (AvgIpc) is 2.79. The number of phenols is 2. The van der Waals surface area contributed by atoms with Crippen molar-refractivity contribution in [3.8, 4) is 11.5 Å². The van der Waals surface area contributed by atoms with Crippen molar-refractivity contribution in [3.05, 3.63) is 107 Å². The van der Waals surface area contributed by atoms with Gasteiger partial charge in [-0.15, -0.1) is 0 Å². The van der Waals surface area contributed by atoms with E-state index in [1.165, 1.54) is 0 Å². The molecular weight excluding hydrogens is 384 g/mol. The Morgan fingerprint density at radius 2 is 1.23 bits per heavy atom. The van der Waals surface area contributed by atoms with Crippen LogP contribution in [0.15, 0.2) is 79.4 Å². The van der Waals surface area contributed by atoms with Crippen molar-refractivity contribution in [3.63, 3.8) is 0 Å². The molecule has 0 heterocycles. The van der Waals surface area contributed by atoms with Crippen molar-refractivity contribution in [2.45, 2.75) is 6.61 Å². The molecule has 2 N–H and O–H groups in total. The van der Waals surface area contributed by atoms with Crippen LogP contribution in [-0.2, 0) is 16.1 Å². The smallest absolute Gasteiger partial charge is 0.330 e. The van der Waals surface area contributed by atoms with Gasteiger partial charge in [-0.05, 0) is 6.07 Å². The fourth-order valence-electron chi connectivity index (χ4n) is 2.89. The second-order valence-corrected chi connectivity index (χ2v) is 6.35. The van der Waals surface area contributed by atoms with Crippen LogP contribution in [0.5, 0.6) is 11.5 Å². The highest BCUT2D eigenvalue weighted by Gasteiger charge is 2.26. The zero-order chi connectivity index (χ0) is 21.7. The van der Waals surface area contributed by atoms with Crippen LogP contribution >= 0.6 is 0 Å². The van der Waals surface area contributed by atoms with Crippen molar-refractivity contribution in [2.24, 2.45) is 0 Å². The standard InChI is InChI=1S/C24H18O6/c1-2-20(25)30-14-19-23(28)17(21(26)15-9-5-3-6-10-15)13-18(24(19)29)22(27)16-11-7-4-8-12-16/h2-13,28-29H,1,14H2. The Bertz CT molecular complexity index is 1040. The fourth-order valence-corrected chi connectivity index (χ4v) is 2.89. The second-order valence-electron chi connectivity index (χ2n) is 6.35. The van der Waals surface area contributed by atoms with Crippen molar-refractivity contribution < 1.29 is 29.3 Å². The van der Waals surface area contributed by atoms with E-state index in [0.29, 0.717) is 0 Å². The second kappa shape index (κ2) is 8.87. The van der Waals surface area contributed by atoms with Crippen LogP contribution in [0.1, 0.15) is 37.4 Å². The van der Waals surface area contributed by atoms with Gasteiger partial charge in [0, 0.05) is 17.2 Å². The zero-order valence-corrected chi connectivity index (χ0v) is 15.9. The molecule has 0 aromatic heterocycles. The number of carbonyl (C=O) groups excluding carboxylic acids is 3. The summed E-state index contributed by atoms with van der Waals surface area (Å²) in [6.07, 6.45) is 0.920. The molecule has 3 rings (SSSR count). The van der Waals surface area contributed by atoms with Crippen LogP contribution in [0.4, 0.5) is 0 Å². The molecule has 0 aliphatic heterocycles. The van der Waals surface area contributed by atoms with Crippen LogP contribution in [0.2, 0.25) is 0 Å². The van der Waals surface area contributed by atoms with Crippen LogP contribution in [0.25, 0.3) is 0 Å². The number of hydrogen-bond donors (Lipinski definition) is 2. The third kappa shape index (κ3) is 4.12. The minimum absolute atomic E-state index is 0.192.